The first kappa shape index (κ1) is 11.5. The fourth-order valence-corrected chi connectivity index (χ4v) is 1.26. The molecule has 1 atom stereocenters. The van der Waals surface area contributed by atoms with Crippen LogP contribution in [0.25, 0.3) is 0 Å². The van der Waals surface area contributed by atoms with Gasteiger partial charge in [-0.15, -0.1) is 0 Å². The molecule has 68 valence electrons. The summed E-state index contributed by atoms with van der Waals surface area (Å²) < 4.78 is 4.98. The number of nitrogens with zero attached hydrogens (tertiary/aromatic N) is 1. The van der Waals surface area contributed by atoms with E-state index in [1.807, 2.05) is 33.6 Å². The van der Waals surface area contributed by atoms with Crippen molar-refractivity contribution in [2.45, 2.75) is 19.8 Å². The number of hydrogen-bond acceptors (Lipinski definition) is 3. The molecule has 0 amide bonds. The highest BCUT2D eigenvalue weighted by atomic mass is 32.1. The van der Waals surface area contributed by atoms with Gasteiger partial charge in [0.25, 0.3) is 0 Å². The maximum atomic E-state index is 4.98. The van der Waals surface area contributed by atoms with Gasteiger partial charge in [-0.05, 0) is 25.6 Å². The van der Waals surface area contributed by atoms with Crippen LogP contribution in [0.5, 0.6) is 0 Å². The van der Waals surface area contributed by atoms with Crippen molar-refractivity contribution in [3.8, 4) is 0 Å². The Labute approximate surface area is 81.3 Å². The molecule has 0 radical (unpaired) electrons. The molecule has 0 fully saturated rings. The van der Waals surface area contributed by atoms with Gasteiger partial charge in [0.15, 0.2) is 0 Å². The minimum atomic E-state index is 0.185. The van der Waals surface area contributed by atoms with Gasteiger partial charge in [-0.1, -0.05) is 6.58 Å². The van der Waals surface area contributed by atoms with Crippen molar-refractivity contribution in [2.24, 2.45) is 0 Å². The molecule has 12 heavy (non-hydrogen) atoms. The first-order chi connectivity index (χ1) is 5.54. The standard InChI is InChI=1S/C8H16BNOS/c1-5-10(4)8(9)7(11-12)6(2)3/h5,8,12H,1,9H2,2-4H3. The molecule has 0 aromatic heterocycles. The molecule has 0 aliphatic heterocycles. The van der Waals surface area contributed by atoms with E-state index in [9.17, 15) is 0 Å². The molecule has 0 aliphatic rings. The van der Waals surface area contributed by atoms with Crippen molar-refractivity contribution in [3.05, 3.63) is 24.1 Å². The summed E-state index contributed by atoms with van der Waals surface area (Å²) in [6.45, 7) is 7.68. The Morgan fingerprint density at radius 3 is 2.42 bits per heavy atom. The Bertz CT molecular complexity index is 189. The molecule has 0 saturated carbocycles. The zero-order chi connectivity index (χ0) is 9.72. The third kappa shape index (κ3) is 2.85. The molecule has 1 unspecified atom stereocenters. The maximum absolute atomic E-state index is 4.98. The van der Waals surface area contributed by atoms with E-state index in [0.717, 1.165) is 11.3 Å². The monoisotopic (exact) mass is 185 g/mol. The Kier molecular flexibility index (Phi) is 4.98. The van der Waals surface area contributed by atoms with E-state index in [2.05, 4.69) is 19.5 Å². The molecular formula is C8H16BNOS. The van der Waals surface area contributed by atoms with Crippen LogP contribution in [0.3, 0.4) is 0 Å². The van der Waals surface area contributed by atoms with Crippen LogP contribution in [-0.4, -0.2) is 25.7 Å². The summed E-state index contributed by atoms with van der Waals surface area (Å²) in [6.07, 6.45) is 1.76. The third-order valence-corrected chi connectivity index (χ3v) is 2.07. The Morgan fingerprint density at radius 1 is 1.67 bits per heavy atom. The van der Waals surface area contributed by atoms with Crippen LogP contribution in [0.2, 0.25) is 0 Å². The number of allylic oxidation sites excluding steroid dienone is 1. The van der Waals surface area contributed by atoms with Crippen LogP contribution in [0, 0.1) is 0 Å². The molecule has 0 spiro atoms. The minimum Gasteiger partial charge on any atom is -0.432 e. The average Bonchev–Trinajstić information content (AvgIpc) is 2.03. The summed E-state index contributed by atoms with van der Waals surface area (Å²) in [5.74, 6) is 1.06. The van der Waals surface area contributed by atoms with Crippen molar-refractivity contribution < 1.29 is 4.18 Å². The van der Waals surface area contributed by atoms with Gasteiger partial charge in [0.1, 0.15) is 13.6 Å². The smallest absolute Gasteiger partial charge is 0.140 e. The minimum absolute atomic E-state index is 0.185. The van der Waals surface area contributed by atoms with Gasteiger partial charge in [-0.25, -0.2) is 0 Å². The number of rotatable bonds is 4. The summed E-state index contributed by atoms with van der Waals surface area (Å²) in [7, 11) is 3.99. The van der Waals surface area contributed by atoms with E-state index in [1.165, 1.54) is 0 Å². The van der Waals surface area contributed by atoms with Crippen LogP contribution in [0.1, 0.15) is 13.8 Å². The van der Waals surface area contributed by atoms with E-state index in [4.69, 9.17) is 4.18 Å². The first-order valence-corrected chi connectivity index (χ1v) is 4.24. The van der Waals surface area contributed by atoms with Crippen LogP contribution in [0.4, 0.5) is 0 Å². The molecule has 0 rings (SSSR count). The number of likely N-dealkylation sites (N-methyl/N-ethyl adjacent to an activating group) is 1. The van der Waals surface area contributed by atoms with Gasteiger partial charge in [-0.3, -0.25) is 0 Å². The second-order valence-corrected chi connectivity index (χ2v) is 3.16. The molecule has 0 aromatic carbocycles. The van der Waals surface area contributed by atoms with Gasteiger partial charge in [0.05, 0.1) is 5.94 Å². The van der Waals surface area contributed by atoms with Crippen LogP contribution in [-0.2, 0) is 4.18 Å². The van der Waals surface area contributed by atoms with E-state index >= 15 is 0 Å². The molecule has 0 aromatic rings. The second kappa shape index (κ2) is 5.20. The second-order valence-electron chi connectivity index (χ2n) is 2.98. The van der Waals surface area contributed by atoms with E-state index in [1.54, 1.807) is 6.20 Å². The lowest BCUT2D eigenvalue weighted by Gasteiger charge is -2.24. The van der Waals surface area contributed by atoms with Crippen LogP contribution in [0.15, 0.2) is 24.1 Å². The first-order valence-electron chi connectivity index (χ1n) is 3.87. The fourth-order valence-electron chi connectivity index (χ4n) is 0.928. The summed E-state index contributed by atoms with van der Waals surface area (Å²) >= 11 is 3.81. The average molecular weight is 185 g/mol. The summed E-state index contributed by atoms with van der Waals surface area (Å²) in [4.78, 5) is 1.97. The highest BCUT2D eigenvalue weighted by Crippen LogP contribution is 2.14. The number of hydrogen-bond donors (Lipinski definition) is 1. The highest BCUT2D eigenvalue weighted by molar-refractivity contribution is 7.75. The largest absolute Gasteiger partial charge is 0.432 e. The van der Waals surface area contributed by atoms with E-state index in [0.29, 0.717) is 0 Å². The summed E-state index contributed by atoms with van der Waals surface area (Å²) in [6, 6.07) is 0. The normalized spacial score (nSPS) is 11.7. The van der Waals surface area contributed by atoms with E-state index < -0.39 is 0 Å². The summed E-state index contributed by atoms with van der Waals surface area (Å²) in [5, 5.41) is 0. The lowest BCUT2D eigenvalue weighted by atomic mass is 9.91. The molecule has 4 heteroatoms. The Morgan fingerprint density at radius 2 is 2.17 bits per heavy atom. The topological polar surface area (TPSA) is 12.5 Å². The highest BCUT2D eigenvalue weighted by Gasteiger charge is 2.13. The summed E-state index contributed by atoms with van der Waals surface area (Å²) in [5.41, 5.74) is 1.13. The van der Waals surface area contributed by atoms with Crippen molar-refractivity contribution in [3.63, 3.8) is 0 Å². The lowest BCUT2D eigenvalue weighted by Crippen LogP contribution is -2.29. The Hall–Kier alpha value is -0.505. The maximum Gasteiger partial charge on any atom is 0.140 e. The van der Waals surface area contributed by atoms with Gasteiger partial charge < -0.3 is 9.08 Å². The van der Waals surface area contributed by atoms with Gasteiger partial charge in [-0.2, -0.15) is 0 Å². The SMILES string of the molecule is BC(C(OS)=C(C)C)N(C)C=C. The molecular weight excluding hydrogens is 169 g/mol. The van der Waals surface area contributed by atoms with Gasteiger partial charge in [0, 0.05) is 20.0 Å². The molecule has 2 nitrogen and oxygen atoms in total. The fraction of sp³-hybridized carbons (Fsp3) is 0.500. The molecule has 0 aliphatic carbocycles. The zero-order valence-electron chi connectivity index (χ0n) is 8.16. The third-order valence-electron chi connectivity index (χ3n) is 1.87. The van der Waals surface area contributed by atoms with Gasteiger partial charge >= 0.3 is 0 Å². The quantitative estimate of drug-likeness (QED) is 0.305. The van der Waals surface area contributed by atoms with Crippen molar-refractivity contribution in [1.29, 1.82) is 0 Å². The zero-order valence-corrected chi connectivity index (χ0v) is 9.06. The van der Waals surface area contributed by atoms with Crippen LogP contribution < -0.4 is 0 Å². The van der Waals surface area contributed by atoms with Crippen molar-refractivity contribution in [1.82, 2.24) is 4.90 Å². The molecule has 0 bridgehead atoms. The lowest BCUT2D eigenvalue weighted by molar-refractivity contribution is 0.360. The van der Waals surface area contributed by atoms with Gasteiger partial charge in [0.2, 0.25) is 0 Å². The van der Waals surface area contributed by atoms with Crippen molar-refractivity contribution >= 4 is 20.8 Å². The Balaban J connectivity index is 4.53. The molecule has 0 saturated heterocycles. The molecule has 0 heterocycles. The van der Waals surface area contributed by atoms with E-state index in [-0.39, 0.29) is 5.94 Å². The van der Waals surface area contributed by atoms with Crippen molar-refractivity contribution in [2.75, 3.05) is 7.05 Å². The number of thiol groups is 1. The van der Waals surface area contributed by atoms with Crippen LogP contribution >= 0.6 is 12.9 Å². The predicted octanol–water partition coefficient (Wildman–Crippen LogP) is 1.18. The predicted molar refractivity (Wildman–Crippen MR) is 58.7 cm³/mol. The molecule has 0 N–H and O–H groups in total.